The van der Waals surface area contributed by atoms with Gasteiger partial charge in [0.1, 0.15) is 5.75 Å². The third-order valence-corrected chi connectivity index (χ3v) is 1.91. The second kappa shape index (κ2) is 4.11. The Hall–Kier alpha value is -1.55. The molecule has 1 aromatic rings. The Kier molecular flexibility index (Phi) is 3.09. The van der Waals surface area contributed by atoms with Gasteiger partial charge >= 0.3 is 5.97 Å². The zero-order valence-electron chi connectivity index (χ0n) is 7.77. The van der Waals surface area contributed by atoms with Crippen LogP contribution < -0.4 is 0 Å². The van der Waals surface area contributed by atoms with Crippen molar-refractivity contribution in [1.29, 1.82) is 0 Å². The van der Waals surface area contributed by atoms with Crippen LogP contribution in [0.15, 0.2) is 18.2 Å². The number of benzene rings is 1. The Morgan fingerprint density at radius 1 is 1.50 bits per heavy atom. The Balaban J connectivity index is 2.90. The van der Waals surface area contributed by atoms with E-state index in [1.54, 1.807) is 13.0 Å². The number of aliphatic carboxylic acids is 1. The summed E-state index contributed by atoms with van der Waals surface area (Å²) in [5.41, 5.74) is 1.10. The molecule has 0 spiro atoms. The molecule has 0 aromatic heterocycles. The van der Waals surface area contributed by atoms with Crippen molar-refractivity contribution >= 4 is 5.97 Å². The molecule has 3 N–H and O–H groups in total. The number of hydrogen-bond donors (Lipinski definition) is 3. The molecule has 1 aromatic carbocycles. The van der Waals surface area contributed by atoms with Gasteiger partial charge in [-0.3, -0.25) is 4.79 Å². The number of aliphatic hydroxyl groups excluding tert-OH is 1. The van der Waals surface area contributed by atoms with Crippen molar-refractivity contribution < 1.29 is 20.1 Å². The standard InChI is InChI=1S/C10H12O4/c1-6-2-3-7(8(11)4-6)9(12)5-10(13)14/h2-4,9,11-12H,5H2,1H3,(H,13,14)/t9-/m1/s1. The van der Waals surface area contributed by atoms with Gasteiger partial charge in [-0.05, 0) is 18.6 Å². The SMILES string of the molecule is Cc1ccc([C@H](O)CC(=O)O)c(O)c1. The van der Waals surface area contributed by atoms with Crippen molar-refractivity contribution in [1.82, 2.24) is 0 Å². The fourth-order valence-electron chi connectivity index (χ4n) is 1.21. The maximum atomic E-state index is 10.3. The smallest absolute Gasteiger partial charge is 0.306 e. The minimum atomic E-state index is -1.16. The van der Waals surface area contributed by atoms with E-state index >= 15 is 0 Å². The summed E-state index contributed by atoms with van der Waals surface area (Å²) in [5.74, 6) is -1.17. The van der Waals surface area contributed by atoms with E-state index in [1.165, 1.54) is 12.1 Å². The highest BCUT2D eigenvalue weighted by Gasteiger charge is 2.15. The van der Waals surface area contributed by atoms with E-state index in [9.17, 15) is 15.0 Å². The molecule has 14 heavy (non-hydrogen) atoms. The topological polar surface area (TPSA) is 77.8 Å². The van der Waals surface area contributed by atoms with Gasteiger partial charge in [-0.15, -0.1) is 0 Å². The molecule has 0 aliphatic carbocycles. The molecule has 0 aliphatic rings. The first-order valence-corrected chi connectivity index (χ1v) is 4.20. The van der Waals surface area contributed by atoms with Gasteiger partial charge in [0.05, 0.1) is 12.5 Å². The molecule has 76 valence electrons. The highest BCUT2D eigenvalue weighted by atomic mass is 16.4. The van der Waals surface area contributed by atoms with Crippen LogP contribution in [0.3, 0.4) is 0 Å². The number of phenols is 1. The van der Waals surface area contributed by atoms with Gasteiger partial charge in [-0.2, -0.15) is 0 Å². The lowest BCUT2D eigenvalue weighted by Gasteiger charge is -2.10. The average molecular weight is 196 g/mol. The molecular weight excluding hydrogens is 184 g/mol. The maximum Gasteiger partial charge on any atom is 0.306 e. The molecule has 0 saturated carbocycles. The lowest BCUT2D eigenvalue weighted by atomic mass is 10.0. The van der Waals surface area contributed by atoms with Crippen LogP contribution in [0.2, 0.25) is 0 Å². The zero-order chi connectivity index (χ0) is 10.7. The molecule has 0 unspecified atom stereocenters. The minimum absolute atomic E-state index is 0.0706. The third kappa shape index (κ3) is 2.47. The molecule has 4 heteroatoms. The molecule has 0 aliphatic heterocycles. The summed E-state index contributed by atoms with van der Waals surface area (Å²) in [6, 6.07) is 4.72. The summed E-state index contributed by atoms with van der Waals surface area (Å²) >= 11 is 0. The normalized spacial score (nSPS) is 12.4. The monoisotopic (exact) mass is 196 g/mol. The number of hydrogen-bond acceptors (Lipinski definition) is 3. The fourth-order valence-corrected chi connectivity index (χ4v) is 1.21. The van der Waals surface area contributed by atoms with Crippen LogP contribution in [-0.4, -0.2) is 21.3 Å². The molecule has 0 radical (unpaired) electrons. The highest BCUT2D eigenvalue weighted by Crippen LogP contribution is 2.26. The van der Waals surface area contributed by atoms with E-state index in [1.807, 2.05) is 0 Å². The van der Waals surface area contributed by atoms with Crippen LogP contribution in [-0.2, 0) is 4.79 Å². The number of carbonyl (C=O) groups is 1. The van der Waals surface area contributed by atoms with Crippen molar-refractivity contribution in [2.75, 3.05) is 0 Å². The second-order valence-corrected chi connectivity index (χ2v) is 3.18. The number of aliphatic hydroxyl groups is 1. The van der Waals surface area contributed by atoms with Crippen LogP contribution in [0.25, 0.3) is 0 Å². The molecule has 0 bridgehead atoms. The van der Waals surface area contributed by atoms with Gasteiger partial charge in [-0.1, -0.05) is 12.1 Å². The number of carboxylic acids is 1. The summed E-state index contributed by atoms with van der Waals surface area (Å²) in [6.07, 6.45) is -1.57. The van der Waals surface area contributed by atoms with Crippen LogP contribution in [0.4, 0.5) is 0 Å². The zero-order valence-corrected chi connectivity index (χ0v) is 7.77. The Morgan fingerprint density at radius 2 is 2.14 bits per heavy atom. The molecule has 0 heterocycles. The third-order valence-electron chi connectivity index (χ3n) is 1.91. The lowest BCUT2D eigenvalue weighted by Crippen LogP contribution is -2.05. The Morgan fingerprint density at radius 3 is 2.64 bits per heavy atom. The molecule has 0 saturated heterocycles. The Bertz CT molecular complexity index is 346. The van der Waals surface area contributed by atoms with Crippen molar-refractivity contribution in [3.63, 3.8) is 0 Å². The maximum absolute atomic E-state index is 10.3. The van der Waals surface area contributed by atoms with E-state index in [4.69, 9.17) is 5.11 Å². The van der Waals surface area contributed by atoms with Gasteiger partial charge in [0.25, 0.3) is 0 Å². The molecular formula is C10H12O4. The van der Waals surface area contributed by atoms with Crippen molar-refractivity contribution in [2.24, 2.45) is 0 Å². The number of aromatic hydroxyl groups is 1. The van der Waals surface area contributed by atoms with Crippen LogP contribution in [0.1, 0.15) is 23.7 Å². The van der Waals surface area contributed by atoms with E-state index in [0.717, 1.165) is 5.56 Å². The first-order valence-electron chi connectivity index (χ1n) is 4.20. The number of carboxylic acid groups (broad SMARTS) is 1. The van der Waals surface area contributed by atoms with Gasteiger partial charge < -0.3 is 15.3 Å². The van der Waals surface area contributed by atoms with Gasteiger partial charge in [0, 0.05) is 5.56 Å². The number of rotatable bonds is 3. The van der Waals surface area contributed by atoms with Crippen molar-refractivity contribution in [3.05, 3.63) is 29.3 Å². The molecule has 0 fully saturated rings. The first-order chi connectivity index (χ1) is 6.50. The minimum Gasteiger partial charge on any atom is -0.508 e. The van der Waals surface area contributed by atoms with Gasteiger partial charge in [0.2, 0.25) is 0 Å². The van der Waals surface area contributed by atoms with Crippen LogP contribution in [0, 0.1) is 6.92 Å². The van der Waals surface area contributed by atoms with Crippen molar-refractivity contribution in [2.45, 2.75) is 19.4 Å². The predicted octanol–water partition coefficient (Wildman–Crippen LogP) is 1.21. The fraction of sp³-hybridized carbons (Fsp3) is 0.300. The summed E-state index contributed by atoms with van der Waals surface area (Å²) < 4.78 is 0. The molecule has 4 nitrogen and oxygen atoms in total. The van der Waals surface area contributed by atoms with Crippen LogP contribution in [0.5, 0.6) is 5.75 Å². The number of phenolic OH excluding ortho intramolecular Hbond substituents is 1. The number of aryl methyl sites for hydroxylation is 1. The van der Waals surface area contributed by atoms with E-state index < -0.39 is 18.5 Å². The largest absolute Gasteiger partial charge is 0.508 e. The molecule has 1 atom stereocenters. The van der Waals surface area contributed by atoms with Gasteiger partial charge in [0.15, 0.2) is 0 Å². The lowest BCUT2D eigenvalue weighted by molar-refractivity contribution is -0.139. The van der Waals surface area contributed by atoms with Crippen molar-refractivity contribution in [3.8, 4) is 5.75 Å². The van der Waals surface area contributed by atoms with E-state index in [-0.39, 0.29) is 11.3 Å². The summed E-state index contributed by atoms with van der Waals surface area (Å²) in [5, 5.41) is 27.3. The van der Waals surface area contributed by atoms with Crippen LogP contribution >= 0.6 is 0 Å². The molecule has 1 rings (SSSR count). The van der Waals surface area contributed by atoms with E-state index in [0.29, 0.717) is 0 Å². The summed E-state index contributed by atoms with van der Waals surface area (Å²) in [6.45, 7) is 1.80. The average Bonchev–Trinajstić information content (AvgIpc) is 2.01. The molecule has 0 amide bonds. The summed E-state index contributed by atoms with van der Waals surface area (Å²) in [7, 11) is 0. The van der Waals surface area contributed by atoms with Gasteiger partial charge in [-0.25, -0.2) is 0 Å². The quantitative estimate of drug-likeness (QED) is 0.679. The highest BCUT2D eigenvalue weighted by molar-refractivity contribution is 5.68. The van der Waals surface area contributed by atoms with E-state index in [2.05, 4.69) is 0 Å². The Labute approximate surface area is 81.4 Å². The first kappa shape index (κ1) is 10.5. The second-order valence-electron chi connectivity index (χ2n) is 3.18. The predicted molar refractivity (Wildman–Crippen MR) is 50.1 cm³/mol. The summed E-state index contributed by atoms with van der Waals surface area (Å²) in [4.78, 5) is 10.3.